The van der Waals surface area contributed by atoms with E-state index in [2.05, 4.69) is 35.2 Å². The summed E-state index contributed by atoms with van der Waals surface area (Å²) in [5, 5.41) is 9.41. The van der Waals surface area contributed by atoms with Gasteiger partial charge >= 0.3 is 0 Å². The zero-order valence-electron chi connectivity index (χ0n) is 12.2. The molecule has 0 saturated heterocycles. The van der Waals surface area contributed by atoms with Crippen LogP contribution in [0.2, 0.25) is 0 Å². The van der Waals surface area contributed by atoms with Crippen LogP contribution in [0.1, 0.15) is 29.2 Å². The van der Waals surface area contributed by atoms with E-state index in [9.17, 15) is 5.11 Å². The number of aliphatic hydroxyl groups excluding tert-OH is 1. The first kappa shape index (κ1) is 14.1. The van der Waals surface area contributed by atoms with E-state index in [-0.39, 0.29) is 6.61 Å². The summed E-state index contributed by atoms with van der Waals surface area (Å²) in [6.07, 6.45) is 2.25. The SMILES string of the molecule is Nc1cccc(CN(CCO)C2CCc3ccccc32)c1. The molecule has 0 heterocycles. The van der Waals surface area contributed by atoms with Crippen LogP contribution in [-0.4, -0.2) is 23.2 Å². The second-order valence-electron chi connectivity index (χ2n) is 5.69. The molecule has 3 N–H and O–H groups in total. The fourth-order valence-corrected chi connectivity index (χ4v) is 3.31. The van der Waals surface area contributed by atoms with Gasteiger partial charge < -0.3 is 10.8 Å². The Morgan fingerprint density at radius 2 is 2.00 bits per heavy atom. The number of nitrogens with two attached hydrogens (primary N) is 1. The first-order valence-electron chi connectivity index (χ1n) is 7.55. The Morgan fingerprint density at radius 3 is 2.81 bits per heavy atom. The first-order valence-corrected chi connectivity index (χ1v) is 7.55. The third-order valence-electron chi connectivity index (χ3n) is 4.27. The second kappa shape index (κ2) is 6.29. The van der Waals surface area contributed by atoms with Crippen LogP contribution in [0.15, 0.2) is 48.5 Å². The smallest absolute Gasteiger partial charge is 0.0558 e. The molecule has 1 unspecified atom stereocenters. The number of hydrogen-bond donors (Lipinski definition) is 2. The molecule has 1 aliphatic carbocycles. The number of rotatable bonds is 5. The normalized spacial score (nSPS) is 17.1. The maximum absolute atomic E-state index is 9.41. The number of anilines is 1. The lowest BCUT2D eigenvalue weighted by Gasteiger charge is -2.29. The van der Waals surface area contributed by atoms with E-state index < -0.39 is 0 Å². The molecule has 2 aromatic carbocycles. The van der Waals surface area contributed by atoms with Crippen LogP contribution < -0.4 is 5.73 Å². The maximum atomic E-state index is 9.41. The Bertz CT molecular complexity index is 612. The molecule has 0 aliphatic heterocycles. The van der Waals surface area contributed by atoms with Gasteiger partial charge in [-0.15, -0.1) is 0 Å². The zero-order valence-corrected chi connectivity index (χ0v) is 12.2. The van der Waals surface area contributed by atoms with E-state index in [1.165, 1.54) is 16.7 Å². The lowest BCUT2D eigenvalue weighted by molar-refractivity contribution is 0.143. The van der Waals surface area contributed by atoms with Crippen molar-refractivity contribution >= 4 is 5.69 Å². The molecule has 2 aromatic rings. The average molecular weight is 282 g/mol. The minimum absolute atomic E-state index is 0.182. The molecular formula is C18H22N2O. The average Bonchev–Trinajstić information content (AvgIpc) is 2.91. The van der Waals surface area contributed by atoms with Crippen LogP contribution in [0.3, 0.4) is 0 Å². The largest absolute Gasteiger partial charge is 0.399 e. The molecule has 1 atom stereocenters. The summed E-state index contributed by atoms with van der Waals surface area (Å²) in [4.78, 5) is 2.36. The molecule has 3 nitrogen and oxygen atoms in total. The highest BCUT2D eigenvalue weighted by Gasteiger charge is 2.27. The summed E-state index contributed by atoms with van der Waals surface area (Å²) in [6.45, 7) is 1.69. The van der Waals surface area contributed by atoms with Gasteiger partial charge in [0.2, 0.25) is 0 Å². The van der Waals surface area contributed by atoms with Gasteiger partial charge in [-0.2, -0.15) is 0 Å². The van der Waals surface area contributed by atoms with E-state index in [4.69, 9.17) is 5.73 Å². The Morgan fingerprint density at radius 1 is 1.14 bits per heavy atom. The molecule has 0 fully saturated rings. The van der Waals surface area contributed by atoms with Gasteiger partial charge in [-0.05, 0) is 41.7 Å². The molecule has 21 heavy (non-hydrogen) atoms. The monoisotopic (exact) mass is 282 g/mol. The van der Waals surface area contributed by atoms with Crippen molar-refractivity contribution in [2.75, 3.05) is 18.9 Å². The highest BCUT2D eigenvalue weighted by molar-refractivity contribution is 5.41. The van der Waals surface area contributed by atoms with Crippen molar-refractivity contribution in [2.45, 2.75) is 25.4 Å². The van der Waals surface area contributed by atoms with Crippen LogP contribution in [-0.2, 0) is 13.0 Å². The molecule has 0 radical (unpaired) electrons. The van der Waals surface area contributed by atoms with Crippen LogP contribution in [0, 0.1) is 0 Å². The van der Waals surface area contributed by atoms with E-state index in [0.717, 1.165) is 25.1 Å². The van der Waals surface area contributed by atoms with Crippen LogP contribution in [0.4, 0.5) is 5.69 Å². The summed E-state index contributed by atoms with van der Waals surface area (Å²) in [7, 11) is 0. The van der Waals surface area contributed by atoms with Crippen molar-refractivity contribution in [3.63, 3.8) is 0 Å². The van der Waals surface area contributed by atoms with Gasteiger partial charge in [0.15, 0.2) is 0 Å². The molecular weight excluding hydrogens is 260 g/mol. The van der Waals surface area contributed by atoms with Crippen molar-refractivity contribution in [3.8, 4) is 0 Å². The number of nitrogens with zero attached hydrogens (tertiary/aromatic N) is 1. The van der Waals surface area contributed by atoms with Gasteiger partial charge in [0.05, 0.1) is 6.61 Å². The maximum Gasteiger partial charge on any atom is 0.0558 e. The summed E-state index contributed by atoms with van der Waals surface area (Å²) >= 11 is 0. The number of nitrogen functional groups attached to an aromatic ring is 1. The van der Waals surface area contributed by atoms with E-state index in [0.29, 0.717) is 12.6 Å². The fraction of sp³-hybridized carbons (Fsp3) is 0.333. The molecule has 0 bridgehead atoms. The molecule has 0 saturated carbocycles. The van der Waals surface area contributed by atoms with E-state index in [1.807, 2.05) is 18.2 Å². The predicted octanol–water partition coefficient (Wildman–Crippen LogP) is 2.75. The molecule has 0 aromatic heterocycles. The lowest BCUT2D eigenvalue weighted by atomic mass is 10.1. The molecule has 0 spiro atoms. The van der Waals surface area contributed by atoms with Gasteiger partial charge in [-0.25, -0.2) is 0 Å². The zero-order chi connectivity index (χ0) is 14.7. The summed E-state index contributed by atoms with van der Waals surface area (Å²) in [6, 6.07) is 17.1. The number of fused-ring (bicyclic) bond motifs is 1. The highest BCUT2D eigenvalue weighted by Crippen LogP contribution is 2.36. The standard InChI is InChI=1S/C18H22N2O/c19-16-6-3-4-14(12-16)13-20(10-11-21)18-9-8-15-5-1-2-7-17(15)18/h1-7,12,18,21H,8-11,13,19H2. The van der Waals surface area contributed by atoms with E-state index in [1.54, 1.807) is 0 Å². The molecule has 3 heteroatoms. The molecule has 3 rings (SSSR count). The molecule has 1 aliphatic rings. The lowest BCUT2D eigenvalue weighted by Crippen LogP contribution is -2.30. The van der Waals surface area contributed by atoms with Crippen molar-refractivity contribution < 1.29 is 5.11 Å². The Hall–Kier alpha value is -1.84. The Balaban J connectivity index is 1.82. The van der Waals surface area contributed by atoms with Crippen molar-refractivity contribution in [1.29, 1.82) is 0 Å². The van der Waals surface area contributed by atoms with Gasteiger partial charge in [0, 0.05) is 24.8 Å². The van der Waals surface area contributed by atoms with Gasteiger partial charge in [-0.3, -0.25) is 4.90 Å². The quantitative estimate of drug-likeness (QED) is 0.829. The van der Waals surface area contributed by atoms with Crippen molar-refractivity contribution in [1.82, 2.24) is 4.90 Å². The summed E-state index contributed by atoms with van der Waals surface area (Å²) < 4.78 is 0. The third kappa shape index (κ3) is 3.09. The van der Waals surface area contributed by atoms with Gasteiger partial charge in [0.1, 0.15) is 0 Å². The summed E-state index contributed by atoms with van der Waals surface area (Å²) in [5.74, 6) is 0. The van der Waals surface area contributed by atoms with Crippen LogP contribution in [0.5, 0.6) is 0 Å². The minimum Gasteiger partial charge on any atom is -0.399 e. The number of hydrogen-bond acceptors (Lipinski definition) is 3. The van der Waals surface area contributed by atoms with Crippen molar-refractivity contribution in [2.24, 2.45) is 0 Å². The first-order chi connectivity index (χ1) is 10.3. The number of benzene rings is 2. The number of aryl methyl sites for hydroxylation is 1. The number of aliphatic hydroxyl groups is 1. The topological polar surface area (TPSA) is 49.5 Å². The highest BCUT2D eigenvalue weighted by atomic mass is 16.3. The molecule has 110 valence electrons. The van der Waals surface area contributed by atoms with E-state index >= 15 is 0 Å². The van der Waals surface area contributed by atoms with Gasteiger partial charge in [0.25, 0.3) is 0 Å². The second-order valence-corrected chi connectivity index (χ2v) is 5.69. The fourth-order valence-electron chi connectivity index (χ4n) is 3.31. The van der Waals surface area contributed by atoms with Crippen molar-refractivity contribution in [3.05, 3.63) is 65.2 Å². The Kier molecular flexibility index (Phi) is 4.23. The van der Waals surface area contributed by atoms with Crippen LogP contribution >= 0.6 is 0 Å². The summed E-state index contributed by atoms with van der Waals surface area (Å²) in [5.41, 5.74) is 10.7. The van der Waals surface area contributed by atoms with Gasteiger partial charge in [-0.1, -0.05) is 36.4 Å². The van der Waals surface area contributed by atoms with Crippen LogP contribution in [0.25, 0.3) is 0 Å². The molecule has 0 amide bonds. The Labute approximate surface area is 126 Å². The third-order valence-corrected chi connectivity index (χ3v) is 4.27. The predicted molar refractivity (Wildman–Crippen MR) is 85.9 cm³/mol. The minimum atomic E-state index is 0.182.